The summed E-state index contributed by atoms with van der Waals surface area (Å²) >= 11 is 0. The van der Waals surface area contributed by atoms with Crippen LogP contribution in [0.1, 0.15) is 12.5 Å². The number of carbonyl (C=O) groups is 1. The number of carboxylic acids is 1. The molecule has 7 heteroatoms. The lowest BCUT2D eigenvalue weighted by Crippen LogP contribution is -2.35. The van der Waals surface area contributed by atoms with Crippen molar-refractivity contribution in [3.8, 4) is 0 Å². The molecule has 0 amide bonds. The Kier molecular flexibility index (Phi) is 4.33. The number of benzene rings is 1. The highest BCUT2D eigenvalue weighted by atomic mass is 19.1. The van der Waals surface area contributed by atoms with Crippen LogP contribution in [0.25, 0.3) is 0 Å². The van der Waals surface area contributed by atoms with Gasteiger partial charge in [-0.3, -0.25) is 19.8 Å². The van der Waals surface area contributed by atoms with E-state index in [1.165, 1.54) is 17.9 Å². The lowest BCUT2D eigenvalue weighted by molar-refractivity contribution is -0.387. The second kappa shape index (κ2) is 5.54. The quantitative estimate of drug-likeness (QED) is 0.639. The summed E-state index contributed by atoms with van der Waals surface area (Å²) in [4.78, 5) is 21.9. The van der Waals surface area contributed by atoms with Crippen LogP contribution in [0, 0.1) is 15.9 Å². The van der Waals surface area contributed by atoms with Gasteiger partial charge in [0.2, 0.25) is 5.82 Å². The van der Waals surface area contributed by atoms with E-state index in [0.29, 0.717) is 5.56 Å². The second-order valence-electron chi connectivity index (χ2n) is 3.97. The van der Waals surface area contributed by atoms with E-state index in [9.17, 15) is 19.3 Å². The van der Waals surface area contributed by atoms with E-state index in [2.05, 4.69) is 0 Å². The van der Waals surface area contributed by atoms with Crippen molar-refractivity contribution in [1.29, 1.82) is 0 Å². The summed E-state index contributed by atoms with van der Waals surface area (Å²) in [5, 5.41) is 19.2. The number of nitrogens with zero attached hydrogens (tertiary/aromatic N) is 2. The first-order valence-electron chi connectivity index (χ1n) is 5.18. The van der Waals surface area contributed by atoms with Crippen molar-refractivity contribution < 1.29 is 19.2 Å². The molecule has 98 valence electrons. The van der Waals surface area contributed by atoms with E-state index in [0.717, 1.165) is 12.1 Å². The third kappa shape index (κ3) is 3.24. The van der Waals surface area contributed by atoms with Gasteiger partial charge in [0.1, 0.15) is 6.04 Å². The summed E-state index contributed by atoms with van der Waals surface area (Å²) in [6, 6.07) is 2.81. The first-order chi connectivity index (χ1) is 8.32. The van der Waals surface area contributed by atoms with Crippen LogP contribution in [-0.4, -0.2) is 34.0 Å². The summed E-state index contributed by atoms with van der Waals surface area (Å²) in [7, 11) is 1.58. The van der Waals surface area contributed by atoms with Gasteiger partial charge in [0, 0.05) is 12.6 Å². The van der Waals surface area contributed by atoms with E-state index >= 15 is 0 Å². The summed E-state index contributed by atoms with van der Waals surface area (Å²) in [6.45, 7) is 1.70. The minimum atomic E-state index is -0.986. The highest BCUT2D eigenvalue weighted by Crippen LogP contribution is 2.19. The molecule has 0 saturated heterocycles. The molecule has 0 bridgehead atoms. The zero-order valence-electron chi connectivity index (χ0n) is 9.96. The molecule has 0 aliphatic heterocycles. The van der Waals surface area contributed by atoms with E-state index < -0.39 is 28.4 Å². The Hall–Kier alpha value is -2.02. The fraction of sp³-hybridized carbons (Fsp3) is 0.364. The van der Waals surface area contributed by atoms with Gasteiger partial charge in [-0.2, -0.15) is 4.39 Å². The number of nitro groups is 1. The van der Waals surface area contributed by atoms with Gasteiger partial charge in [0.15, 0.2) is 0 Å². The van der Waals surface area contributed by atoms with E-state index in [-0.39, 0.29) is 6.54 Å². The molecule has 6 nitrogen and oxygen atoms in total. The monoisotopic (exact) mass is 256 g/mol. The van der Waals surface area contributed by atoms with Gasteiger partial charge in [-0.1, -0.05) is 6.07 Å². The van der Waals surface area contributed by atoms with Crippen molar-refractivity contribution in [2.24, 2.45) is 0 Å². The van der Waals surface area contributed by atoms with Crippen LogP contribution in [0.5, 0.6) is 0 Å². The van der Waals surface area contributed by atoms with Crippen LogP contribution >= 0.6 is 0 Å². The van der Waals surface area contributed by atoms with Crippen molar-refractivity contribution in [2.45, 2.75) is 19.5 Å². The Morgan fingerprint density at radius 2 is 2.22 bits per heavy atom. The fourth-order valence-electron chi connectivity index (χ4n) is 1.41. The molecule has 1 aromatic rings. The van der Waals surface area contributed by atoms with Crippen LogP contribution in [0.4, 0.5) is 10.1 Å². The van der Waals surface area contributed by atoms with Gasteiger partial charge >= 0.3 is 11.7 Å². The molecule has 0 fully saturated rings. The van der Waals surface area contributed by atoms with E-state index in [1.54, 1.807) is 7.05 Å². The first-order valence-corrected chi connectivity index (χ1v) is 5.18. The average Bonchev–Trinajstić information content (AvgIpc) is 2.27. The van der Waals surface area contributed by atoms with Crippen molar-refractivity contribution in [3.05, 3.63) is 39.7 Å². The number of aliphatic carboxylic acids is 1. The molecule has 0 spiro atoms. The maximum atomic E-state index is 13.3. The molecule has 0 aliphatic rings. The molecular formula is C11H13FN2O4. The van der Waals surface area contributed by atoms with Crippen molar-refractivity contribution >= 4 is 11.7 Å². The van der Waals surface area contributed by atoms with Crippen LogP contribution < -0.4 is 0 Å². The number of likely N-dealkylation sites (N-methyl/N-ethyl adjacent to an activating group) is 1. The third-order valence-electron chi connectivity index (χ3n) is 2.66. The number of rotatable bonds is 5. The van der Waals surface area contributed by atoms with Crippen molar-refractivity contribution in [2.75, 3.05) is 7.05 Å². The summed E-state index contributed by atoms with van der Waals surface area (Å²) in [5.41, 5.74) is -0.110. The van der Waals surface area contributed by atoms with Crippen LogP contribution in [0.3, 0.4) is 0 Å². The van der Waals surface area contributed by atoms with Crippen molar-refractivity contribution in [3.63, 3.8) is 0 Å². The number of hydrogen-bond acceptors (Lipinski definition) is 4. The fourth-order valence-corrected chi connectivity index (χ4v) is 1.41. The Bertz CT molecular complexity index is 478. The number of carboxylic acid groups (broad SMARTS) is 1. The van der Waals surface area contributed by atoms with Gasteiger partial charge in [0.05, 0.1) is 4.92 Å². The van der Waals surface area contributed by atoms with Gasteiger partial charge < -0.3 is 5.11 Å². The van der Waals surface area contributed by atoms with Crippen LogP contribution in [-0.2, 0) is 11.3 Å². The van der Waals surface area contributed by atoms with Gasteiger partial charge in [0.25, 0.3) is 0 Å². The topological polar surface area (TPSA) is 83.7 Å². The van der Waals surface area contributed by atoms with Crippen molar-refractivity contribution in [1.82, 2.24) is 4.90 Å². The normalized spacial score (nSPS) is 12.4. The third-order valence-corrected chi connectivity index (χ3v) is 2.66. The molecule has 1 atom stereocenters. The largest absolute Gasteiger partial charge is 0.480 e. The van der Waals surface area contributed by atoms with Crippen LogP contribution in [0.2, 0.25) is 0 Å². The minimum Gasteiger partial charge on any atom is -0.480 e. The smallest absolute Gasteiger partial charge is 0.320 e. The lowest BCUT2D eigenvalue weighted by atomic mass is 10.1. The Morgan fingerprint density at radius 3 is 2.67 bits per heavy atom. The zero-order chi connectivity index (χ0) is 13.9. The Morgan fingerprint density at radius 1 is 1.61 bits per heavy atom. The maximum Gasteiger partial charge on any atom is 0.320 e. The molecule has 0 heterocycles. The van der Waals surface area contributed by atoms with E-state index in [4.69, 9.17) is 5.11 Å². The van der Waals surface area contributed by atoms with Gasteiger partial charge in [-0.15, -0.1) is 0 Å². The number of hydrogen-bond donors (Lipinski definition) is 1. The van der Waals surface area contributed by atoms with Gasteiger partial charge in [-0.25, -0.2) is 0 Å². The highest BCUT2D eigenvalue weighted by molar-refractivity contribution is 5.72. The predicted octanol–water partition coefficient (Wildman–Crippen LogP) is 1.64. The number of nitro benzene ring substituents is 1. The summed E-state index contributed by atoms with van der Waals surface area (Å²) < 4.78 is 13.3. The average molecular weight is 256 g/mol. The summed E-state index contributed by atoms with van der Waals surface area (Å²) in [6.07, 6.45) is 0. The molecule has 18 heavy (non-hydrogen) atoms. The molecule has 0 saturated carbocycles. The Labute approximate surface area is 103 Å². The molecule has 1 N–H and O–H groups in total. The van der Waals surface area contributed by atoms with Gasteiger partial charge in [-0.05, 0) is 25.6 Å². The first kappa shape index (κ1) is 14.0. The molecule has 0 unspecified atom stereocenters. The molecule has 0 aromatic heterocycles. The second-order valence-corrected chi connectivity index (χ2v) is 3.97. The molecule has 1 rings (SSSR count). The lowest BCUT2D eigenvalue weighted by Gasteiger charge is -2.20. The Balaban J connectivity index is 2.84. The predicted molar refractivity (Wildman–Crippen MR) is 61.6 cm³/mol. The molecular weight excluding hydrogens is 243 g/mol. The highest BCUT2D eigenvalue weighted by Gasteiger charge is 2.18. The van der Waals surface area contributed by atoms with Crippen LogP contribution in [0.15, 0.2) is 18.2 Å². The maximum absolute atomic E-state index is 13.3. The molecule has 1 aromatic carbocycles. The molecule has 0 radical (unpaired) electrons. The zero-order valence-corrected chi connectivity index (χ0v) is 9.96. The standard InChI is InChI=1S/C11H13FN2O4/c1-7(11(15)16)13(2)6-8-3-4-10(14(17)18)9(12)5-8/h3-5,7H,6H2,1-2H3,(H,15,16)/t7-/m0/s1. The van der Waals surface area contributed by atoms with E-state index in [1.807, 2.05) is 0 Å². The SMILES string of the molecule is C[C@@H](C(=O)O)N(C)Cc1ccc([N+](=O)[O-])c(F)c1. The minimum absolute atomic E-state index is 0.197. The number of halogens is 1. The summed E-state index contributed by atoms with van der Waals surface area (Å²) in [5.74, 6) is -1.91. The molecule has 0 aliphatic carbocycles.